The lowest BCUT2D eigenvalue weighted by atomic mass is 9.85. The summed E-state index contributed by atoms with van der Waals surface area (Å²) in [4.78, 5) is 54.0. The van der Waals surface area contributed by atoms with Gasteiger partial charge in [-0.25, -0.2) is 5.01 Å². The Morgan fingerprint density at radius 3 is 2.15 bits per heavy atom. The summed E-state index contributed by atoms with van der Waals surface area (Å²) in [5.74, 6) is -3.14. The van der Waals surface area contributed by atoms with Crippen LogP contribution in [0.5, 0.6) is 0 Å². The standard InChI is InChI=1S/C25H22Cl2N2O4/c1-2-21(22(30)15-8-4-3-5-9-15)28(25(33)19-13-12-16(26)14-20(19)27)29-23(31)17-10-6-7-11-18(17)24(29)32/h3-9,12-14,17-18,21H,2,10-11H2,1H3/t17-,18+,21-/m0/s1. The van der Waals surface area contributed by atoms with Crippen LogP contribution in [0.4, 0.5) is 0 Å². The van der Waals surface area contributed by atoms with E-state index in [9.17, 15) is 19.2 Å². The fourth-order valence-electron chi connectivity index (χ4n) is 4.42. The fraction of sp³-hybridized carbons (Fsp3) is 0.280. The Hall–Kier alpha value is -2.96. The number of rotatable bonds is 6. The number of hydrogen-bond acceptors (Lipinski definition) is 4. The first-order valence-electron chi connectivity index (χ1n) is 10.8. The highest BCUT2D eigenvalue weighted by atomic mass is 35.5. The van der Waals surface area contributed by atoms with Crippen LogP contribution in [0.2, 0.25) is 10.0 Å². The average molecular weight is 485 g/mol. The minimum atomic E-state index is -1.08. The summed E-state index contributed by atoms with van der Waals surface area (Å²) in [5, 5.41) is 2.29. The van der Waals surface area contributed by atoms with Crippen LogP contribution in [0.25, 0.3) is 0 Å². The van der Waals surface area contributed by atoms with Gasteiger partial charge in [0, 0.05) is 10.6 Å². The Morgan fingerprint density at radius 1 is 1.00 bits per heavy atom. The number of imide groups is 1. The van der Waals surface area contributed by atoms with Crippen LogP contribution in [0.15, 0.2) is 60.7 Å². The van der Waals surface area contributed by atoms with Crippen LogP contribution in [-0.4, -0.2) is 39.6 Å². The fourth-order valence-corrected chi connectivity index (χ4v) is 4.91. The number of ketones is 1. The van der Waals surface area contributed by atoms with E-state index in [1.165, 1.54) is 18.2 Å². The normalized spacial score (nSPS) is 20.5. The van der Waals surface area contributed by atoms with Gasteiger partial charge in [-0.05, 0) is 37.5 Å². The molecule has 6 nitrogen and oxygen atoms in total. The van der Waals surface area contributed by atoms with E-state index in [1.54, 1.807) is 37.3 Å². The zero-order valence-electron chi connectivity index (χ0n) is 17.9. The van der Waals surface area contributed by atoms with Crippen molar-refractivity contribution >= 4 is 46.7 Å². The van der Waals surface area contributed by atoms with Gasteiger partial charge in [-0.2, -0.15) is 5.01 Å². The van der Waals surface area contributed by atoms with Crippen molar-refractivity contribution in [3.8, 4) is 0 Å². The van der Waals surface area contributed by atoms with Crippen molar-refractivity contribution < 1.29 is 19.2 Å². The maximum atomic E-state index is 13.8. The Morgan fingerprint density at radius 2 is 1.61 bits per heavy atom. The third-order valence-electron chi connectivity index (χ3n) is 6.11. The SMILES string of the molecule is CC[C@@H](C(=O)c1ccccc1)N(C(=O)c1ccc(Cl)cc1Cl)N1C(=O)[C@H]2CC=CC[C@H]2C1=O. The second-order valence-corrected chi connectivity index (χ2v) is 8.92. The van der Waals surface area contributed by atoms with Crippen molar-refractivity contribution in [2.45, 2.75) is 32.2 Å². The number of hydrogen-bond donors (Lipinski definition) is 0. The molecule has 1 fully saturated rings. The lowest BCUT2D eigenvalue weighted by molar-refractivity contribution is -0.156. The molecule has 3 amide bonds. The van der Waals surface area contributed by atoms with E-state index in [0.717, 1.165) is 10.0 Å². The van der Waals surface area contributed by atoms with Crippen LogP contribution in [0.3, 0.4) is 0 Å². The molecule has 33 heavy (non-hydrogen) atoms. The van der Waals surface area contributed by atoms with E-state index in [2.05, 4.69) is 0 Å². The number of carbonyl (C=O) groups is 4. The van der Waals surface area contributed by atoms with Gasteiger partial charge in [0.1, 0.15) is 6.04 Å². The van der Waals surface area contributed by atoms with Crippen LogP contribution < -0.4 is 0 Å². The molecule has 2 aromatic carbocycles. The van der Waals surface area contributed by atoms with Crippen LogP contribution in [-0.2, 0) is 9.59 Å². The van der Waals surface area contributed by atoms with Gasteiger partial charge in [0.05, 0.1) is 22.4 Å². The third kappa shape index (κ3) is 4.21. The lowest BCUT2D eigenvalue weighted by Gasteiger charge is -2.36. The molecule has 1 aliphatic carbocycles. The Bertz CT molecular complexity index is 1120. The van der Waals surface area contributed by atoms with Gasteiger partial charge >= 0.3 is 0 Å². The summed E-state index contributed by atoms with van der Waals surface area (Å²) >= 11 is 12.3. The first-order valence-corrected chi connectivity index (χ1v) is 11.5. The van der Waals surface area contributed by atoms with Crippen molar-refractivity contribution in [1.29, 1.82) is 0 Å². The molecule has 0 unspecified atom stereocenters. The number of hydrazine groups is 1. The van der Waals surface area contributed by atoms with Crippen molar-refractivity contribution in [3.63, 3.8) is 0 Å². The highest BCUT2D eigenvalue weighted by molar-refractivity contribution is 6.36. The maximum absolute atomic E-state index is 13.8. The summed E-state index contributed by atoms with van der Waals surface area (Å²) in [7, 11) is 0. The number of halogens is 2. The molecule has 2 aliphatic rings. The first-order chi connectivity index (χ1) is 15.8. The molecule has 4 rings (SSSR count). The number of carbonyl (C=O) groups excluding carboxylic acids is 4. The van der Waals surface area contributed by atoms with Crippen molar-refractivity contribution in [2.75, 3.05) is 0 Å². The van der Waals surface area contributed by atoms with Gasteiger partial charge in [0.25, 0.3) is 17.7 Å². The van der Waals surface area contributed by atoms with Crippen LogP contribution >= 0.6 is 23.2 Å². The first kappa shape index (κ1) is 23.2. The molecule has 1 heterocycles. The molecule has 3 atom stereocenters. The Kier molecular flexibility index (Phi) is 6.68. The minimum absolute atomic E-state index is 0.0500. The minimum Gasteiger partial charge on any atom is -0.292 e. The lowest BCUT2D eigenvalue weighted by Crippen LogP contribution is -2.57. The van der Waals surface area contributed by atoms with Gasteiger partial charge in [0.2, 0.25) is 0 Å². The Balaban J connectivity index is 1.81. The predicted molar refractivity (Wildman–Crippen MR) is 125 cm³/mol. The van der Waals surface area contributed by atoms with Gasteiger partial charge < -0.3 is 0 Å². The van der Waals surface area contributed by atoms with E-state index in [4.69, 9.17) is 23.2 Å². The Labute approximate surface area is 201 Å². The smallest absolute Gasteiger partial charge is 0.275 e. The average Bonchev–Trinajstić information content (AvgIpc) is 3.07. The van der Waals surface area contributed by atoms with E-state index >= 15 is 0 Å². The van der Waals surface area contributed by atoms with Crippen molar-refractivity contribution in [3.05, 3.63) is 81.9 Å². The van der Waals surface area contributed by atoms with Gasteiger partial charge in [-0.3, -0.25) is 19.2 Å². The molecule has 1 aliphatic heterocycles. The van der Waals surface area contributed by atoms with Crippen molar-refractivity contribution in [2.24, 2.45) is 11.8 Å². The molecule has 0 bridgehead atoms. The highest BCUT2D eigenvalue weighted by Gasteiger charge is 2.53. The highest BCUT2D eigenvalue weighted by Crippen LogP contribution is 2.38. The summed E-state index contributed by atoms with van der Waals surface area (Å²) < 4.78 is 0. The number of amides is 3. The zero-order chi connectivity index (χ0) is 23.7. The zero-order valence-corrected chi connectivity index (χ0v) is 19.4. The molecule has 8 heteroatoms. The van der Waals surface area contributed by atoms with E-state index in [1.807, 2.05) is 12.2 Å². The van der Waals surface area contributed by atoms with E-state index in [-0.39, 0.29) is 22.8 Å². The molecular formula is C25H22Cl2N2O4. The summed E-state index contributed by atoms with van der Waals surface area (Å²) in [6.45, 7) is 1.73. The van der Waals surface area contributed by atoms with Crippen LogP contribution in [0, 0.1) is 11.8 Å². The quantitative estimate of drug-likeness (QED) is 0.329. The van der Waals surface area contributed by atoms with E-state index < -0.39 is 35.6 Å². The summed E-state index contributed by atoms with van der Waals surface area (Å²) in [5.41, 5.74) is 0.427. The second kappa shape index (κ2) is 9.49. The summed E-state index contributed by atoms with van der Waals surface area (Å²) in [6, 6.07) is 11.7. The monoisotopic (exact) mass is 484 g/mol. The molecule has 1 saturated heterocycles. The topological polar surface area (TPSA) is 74.8 Å². The van der Waals surface area contributed by atoms with Crippen LogP contribution in [0.1, 0.15) is 46.9 Å². The number of Topliss-reactive ketones (excluding diaryl/α,β-unsaturated/α-hetero) is 1. The number of benzene rings is 2. The molecule has 0 spiro atoms. The van der Waals surface area contributed by atoms with E-state index in [0.29, 0.717) is 23.4 Å². The molecule has 0 saturated carbocycles. The van der Waals surface area contributed by atoms with Gasteiger partial charge in [0.15, 0.2) is 5.78 Å². The van der Waals surface area contributed by atoms with Crippen molar-refractivity contribution in [1.82, 2.24) is 10.0 Å². The maximum Gasteiger partial charge on any atom is 0.275 e. The second-order valence-electron chi connectivity index (χ2n) is 8.07. The molecule has 0 radical (unpaired) electrons. The van der Waals surface area contributed by atoms with Gasteiger partial charge in [-0.15, -0.1) is 0 Å². The molecule has 170 valence electrons. The number of nitrogens with zero attached hydrogens (tertiary/aromatic N) is 2. The van der Waals surface area contributed by atoms with Gasteiger partial charge in [-0.1, -0.05) is 72.6 Å². The largest absolute Gasteiger partial charge is 0.292 e. The number of allylic oxidation sites excluding steroid dienone is 2. The molecule has 0 N–H and O–H groups in total. The molecular weight excluding hydrogens is 463 g/mol. The molecule has 0 aromatic heterocycles. The summed E-state index contributed by atoms with van der Waals surface area (Å²) in [6.07, 6.45) is 4.75. The molecule has 2 aromatic rings. The third-order valence-corrected chi connectivity index (χ3v) is 6.66. The predicted octanol–water partition coefficient (Wildman–Crippen LogP) is 4.96. The number of fused-ring (bicyclic) bond motifs is 1.